The lowest BCUT2D eigenvalue weighted by molar-refractivity contribution is -0.0983. The van der Waals surface area contributed by atoms with E-state index in [1.807, 2.05) is 0 Å². The van der Waals surface area contributed by atoms with Gasteiger partial charge in [0.15, 0.2) is 0 Å². The minimum Gasteiger partial charge on any atom is -0.302 e. The fourth-order valence-corrected chi connectivity index (χ4v) is 7.90. The molecule has 0 N–H and O–H groups in total. The fourth-order valence-electron chi connectivity index (χ4n) is 7.90. The number of fused-ring (bicyclic) bond motifs is 1. The van der Waals surface area contributed by atoms with Crippen LogP contribution in [-0.4, -0.2) is 30.2 Å². The van der Waals surface area contributed by atoms with Crippen LogP contribution in [0.2, 0.25) is 0 Å². The molecule has 2 heteroatoms. The standard InChI is InChI=1S/C29H38N2/c1-20-12-13-23-18-25-28(5)15-14-24(30-19-22-10-8-7-9-11-22)27(3,4)29(28,16-17-31(25)6)26(23)21(20)2/h7-13,25H,14-19H2,1-6H3/t25-,28?,29+/m1/s1. The molecule has 5 rings (SSSR count). The molecule has 0 radical (unpaired) electrons. The van der Waals surface area contributed by atoms with Crippen LogP contribution in [0.25, 0.3) is 0 Å². The van der Waals surface area contributed by atoms with Crippen molar-refractivity contribution in [2.24, 2.45) is 15.8 Å². The minimum atomic E-state index is 0.0437. The quantitative estimate of drug-likeness (QED) is 0.565. The predicted octanol–water partition coefficient (Wildman–Crippen LogP) is 6.27. The summed E-state index contributed by atoms with van der Waals surface area (Å²) in [5.41, 5.74) is 9.46. The molecule has 0 amide bonds. The smallest absolute Gasteiger partial charge is 0.0639 e. The van der Waals surface area contributed by atoms with Gasteiger partial charge in [-0.25, -0.2) is 0 Å². The molecule has 2 aromatic carbocycles. The van der Waals surface area contributed by atoms with E-state index in [0.717, 1.165) is 13.0 Å². The third-order valence-electron chi connectivity index (χ3n) is 9.71. The third-order valence-corrected chi connectivity index (χ3v) is 9.71. The molecular formula is C29H38N2. The second-order valence-electron chi connectivity index (χ2n) is 11.2. The molecule has 31 heavy (non-hydrogen) atoms. The van der Waals surface area contributed by atoms with Crippen LogP contribution >= 0.6 is 0 Å². The van der Waals surface area contributed by atoms with Gasteiger partial charge in [0, 0.05) is 22.6 Å². The molecular weight excluding hydrogens is 376 g/mol. The molecule has 2 aromatic rings. The summed E-state index contributed by atoms with van der Waals surface area (Å²) in [6, 6.07) is 16.2. The van der Waals surface area contributed by atoms with Crippen LogP contribution in [0.15, 0.2) is 47.5 Å². The Morgan fingerprint density at radius 2 is 1.74 bits per heavy atom. The van der Waals surface area contributed by atoms with Crippen molar-refractivity contribution in [3.8, 4) is 0 Å². The van der Waals surface area contributed by atoms with E-state index in [-0.39, 0.29) is 16.2 Å². The van der Waals surface area contributed by atoms with E-state index in [0.29, 0.717) is 6.04 Å². The molecule has 2 aliphatic carbocycles. The number of hydrogen-bond acceptors (Lipinski definition) is 2. The van der Waals surface area contributed by atoms with Crippen molar-refractivity contribution in [1.82, 2.24) is 4.90 Å². The molecule has 1 unspecified atom stereocenters. The van der Waals surface area contributed by atoms with E-state index in [1.165, 1.54) is 48.2 Å². The summed E-state index contributed by atoms with van der Waals surface area (Å²) < 4.78 is 0. The Kier molecular flexibility index (Phi) is 4.75. The van der Waals surface area contributed by atoms with Crippen molar-refractivity contribution in [3.05, 3.63) is 70.3 Å². The summed E-state index contributed by atoms with van der Waals surface area (Å²) in [4.78, 5) is 7.98. The number of aryl methyl sites for hydroxylation is 1. The van der Waals surface area contributed by atoms with Gasteiger partial charge in [0.25, 0.3) is 0 Å². The Balaban J connectivity index is 1.70. The summed E-state index contributed by atoms with van der Waals surface area (Å²) in [6.07, 6.45) is 4.79. The van der Waals surface area contributed by atoms with Crippen LogP contribution in [0.4, 0.5) is 0 Å². The summed E-state index contributed by atoms with van der Waals surface area (Å²) in [6.45, 7) is 14.3. The van der Waals surface area contributed by atoms with Gasteiger partial charge in [0.05, 0.1) is 6.54 Å². The Bertz CT molecular complexity index is 1030. The lowest BCUT2D eigenvalue weighted by Crippen LogP contribution is -2.72. The number of likely N-dealkylation sites (tertiary alicyclic amines) is 1. The zero-order valence-electron chi connectivity index (χ0n) is 20.3. The first kappa shape index (κ1) is 20.9. The number of likely N-dealkylation sites (N-methyl/N-ethyl adjacent to an activating group) is 1. The molecule has 2 bridgehead atoms. The van der Waals surface area contributed by atoms with E-state index in [9.17, 15) is 0 Å². The topological polar surface area (TPSA) is 15.6 Å². The molecule has 3 aliphatic rings. The van der Waals surface area contributed by atoms with Gasteiger partial charge >= 0.3 is 0 Å². The highest BCUT2D eigenvalue weighted by Gasteiger charge is 2.68. The van der Waals surface area contributed by atoms with Gasteiger partial charge in [-0.15, -0.1) is 0 Å². The molecule has 1 saturated carbocycles. The Morgan fingerprint density at radius 3 is 2.48 bits per heavy atom. The number of hydrogen-bond donors (Lipinski definition) is 0. The SMILES string of the molecule is Cc1ccc2c(c1C)[C@]13CCN(C)[C@H](C2)C1(C)CCC(=NCc1ccccc1)C3(C)C. The van der Waals surface area contributed by atoms with Crippen LogP contribution < -0.4 is 0 Å². The highest BCUT2D eigenvalue weighted by atomic mass is 15.2. The second kappa shape index (κ2) is 7.04. The molecule has 3 atom stereocenters. The number of aliphatic imine (C=N–C) groups is 1. The first-order chi connectivity index (χ1) is 14.7. The van der Waals surface area contributed by atoms with E-state index < -0.39 is 0 Å². The Labute approximate surface area is 188 Å². The maximum atomic E-state index is 5.32. The van der Waals surface area contributed by atoms with Gasteiger partial charge in [0.1, 0.15) is 0 Å². The average Bonchev–Trinajstić information content (AvgIpc) is 2.73. The van der Waals surface area contributed by atoms with Crippen molar-refractivity contribution in [2.75, 3.05) is 13.6 Å². The lowest BCUT2D eigenvalue weighted by atomic mass is 9.37. The van der Waals surface area contributed by atoms with Crippen molar-refractivity contribution < 1.29 is 0 Å². The van der Waals surface area contributed by atoms with Gasteiger partial charge in [-0.05, 0) is 86.4 Å². The lowest BCUT2D eigenvalue weighted by Gasteiger charge is -2.70. The summed E-state index contributed by atoms with van der Waals surface area (Å²) >= 11 is 0. The van der Waals surface area contributed by atoms with Gasteiger partial charge in [-0.1, -0.05) is 63.2 Å². The normalized spacial score (nSPS) is 33.1. The molecule has 2 nitrogen and oxygen atoms in total. The highest BCUT2D eigenvalue weighted by molar-refractivity contribution is 5.93. The van der Waals surface area contributed by atoms with Crippen molar-refractivity contribution in [3.63, 3.8) is 0 Å². The van der Waals surface area contributed by atoms with Crippen LogP contribution in [0.3, 0.4) is 0 Å². The van der Waals surface area contributed by atoms with Gasteiger partial charge in [-0.3, -0.25) is 4.99 Å². The van der Waals surface area contributed by atoms with Crippen LogP contribution in [0.5, 0.6) is 0 Å². The van der Waals surface area contributed by atoms with Crippen LogP contribution in [0, 0.1) is 24.7 Å². The van der Waals surface area contributed by atoms with E-state index in [1.54, 1.807) is 11.1 Å². The van der Waals surface area contributed by atoms with E-state index >= 15 is 0 Å². The third kappa shape index (κ3) is 2.70. The molecule has 1 saturated heterocycles. The van der Waals surface area contributed by atoms with E-state index in [2.05, 4.69) is 89.0 Å². The maximum absolute atomic E-state index is 5.32. The van der Waals surface area contributed by atoms with Crippen molar-refractivity contribution >= 4 is 5.71 Å². The first-order valence-electron chi connectivity index (χ1n) is 12.1. The number of nitrogens with zero attached hydrogens (tertiary/aromatic N) is 2. The molecule has 0 spiro atoms. The average molecular weight is 415 g/mol. The predicted molar refractivity (Wildman–Crippen MR) is 131 cm³/mol. The number of rotatable bonds is 2. The molecule has 2 fully saturated rings. The zero-order chi connectivity index (χ0) is 22.0. The monoisotopic (exact) mass is 414 g/mol. The van der Waals surface area contributed by atoms with Gasteiger partial charge in [-0.2, -0.15) is 0 Å². The number of benzene rings is 2. The molecule has 0 aromatic heterocycles. The molecule has 164 valence electrons. The largest absolute Gasteiger partial charge is 0.302 e. The number of piperidine rings is 1. The molecule has 1 aliphatic heterocycles. The maximum Gasteiger partial charge on any atom is 0.0639 e. The molecule has 1 heterocycles. The second-order valence-corrected chi connectivity index (χ2v) is 11.2. The van der Waals surface area contributed by atoms with Gasteiger partial charge < -0.3 is 4.90 Å². The van der Waals surface area contributed by atoms with Crippen molar-refractivity contribution in [2.45, 2.75) is 78.3 Å². The van der Waals surface area contributed by atoms with Crippen LogP contribution in [0.1, 0.15) is 67.9 Å². The summed E-state index contributed by atoms with van der Waals surface area (Å²) in [7, 11) is 2.36. The highest BCUT2D eigenvalue weighted by Crippen LogP contribution is 2.68. The first-order valence-corrected chi connectivity index (χ1v) is 12.1. The Hall–Kier alpha value is -1.93. The van der Waals surface area contributed by atoms with Gasteiger partial charge in [0.2, 0.25) is 0 Å². The zero-order valence-corrected chi connectivity index (χ0v) is 20.3. The van der Waals surface area contributed by atoms with E-state index in [4.69, 9.17) is 4.99 Å². The Morgan fingerprint density at radius 1 is 1.00 bits per heavy atom. The van der Waals surface area contributed by atoms with Crippen LogP contribution in [-0.2, 0) is 18.4 Å². The minimum absolute atomic E-state index is 0.0437. The van der Waals surface area contributed by atoms with Crippen molar-refractivity contribution in [1.29, 1.82) is 0 Å². The summed E-state index contributed by atoms with van der Waals surface area (Å²) in [5.74, 6) is 0. The summed E-state index contributed by atoms with van der Waals surface area (Å²) in [5, 5.41) is 0. The fraction of sp³-hybridized carbons (Fsp3) is 0.552.